The second-order valence-electron chi connectivity index (χ2n) is 4.31. The van der Waals surface area contributed by atoms with E-state index in [0.29, 0.717) is 10.8 Å². The molecule has 0 fully saturated rings. The molecule has 1 atom stereocenters. The molecule has 0 heterocycles. The van der Waals surface area contributed by atoms with Crippen LogP contribution in [0.3, 0.4) is 0 Å². The highest BCUT2D eigenvalue weighted by atomic mass is 35.5. The lowest BCUT2D eigenvalue weighted by atomic mass is 9.88. The summed E-state index contributed by atoms with van der Waals surface area (Å²) in [5, 5.41) is 3.54. The average Bonchev–Trinajstić information content (AvgIpc) is 2.26. The predicted octanol–water partition coefficient (Wildman–Crippen LogP) is 2.55. The number of halogens is 1. The normalized spacial score (nSPS) is 21.8. The molecule has 0 bridgehead atoms. The Morgan fingerprint density at radius 3 is 2.65 bits per heavy atom. The van der Waals surface area contributed by atoms with Gasteiger partial charge in [0.1, 0.15) is 5.75 Å². The largest absolute Gasteiger partial charge is 0.484 e. The zero-order valence-electron chi connectivity index (χ0n) is 9.57. The van der Waals surface area contributed by atoms with Gasteiger partial charge in [-0.15, -0.1) is 0 Å². The van der Waals surface area contributed by atoms with Crippen LogP contribution in [0.2, 0.25) is 5.02 Å². The van der Waals surface area contributed by atoms with Crippen LogP contribution in [-0.4, -0.2) is 18.1 Å². The molecule has 0 radical (unpaired) electrons. The van der Waals surface area contributed by atoms with Crippen molar-refractivity contribution in [3.05, 3.63) is 41.4 Å². The monoisotopic (exact) mass is 251 g/mol. The molecule has 17 heavy (non-hydrogen) atoms. The zero-order valence-corrected chi connectivity index (χ0v) is 10.3. The van der Waals surface area contributed by atoms with Crippen LogP contribution in [0.1, 0.15) is 13.3 Å². The summed E-state index contributed by atoms with van der Waals surface area (Å²) in [6.45, 7) is 2.00. The second-order valence-corrected chi connectivity index (χ2v) is 4.75. The molecule has 0 aliphatic heterocycles. The number of rotatable bonds is 4. The Morgan fingerprint density at radius 2 is 2.12 bits per heavy atom. The van der Waals surface area contributed by atoms with Crippen LogP contribution < -0.4 is 10.1 Å². The van der Waals surface area contributed by atoms with Gasteiger partial charge in [0.05, 0.1) is 5.54 Å². The first-order chi connectivity index (χ1) is 8.07. The van der Waals surface area contributed by atoms with Gasteiger partial charge in [0.25, 0.3) is 5.91 Å². The number of benzene rings is 1. The van der Waals surface area contributed by atoms with E-state index in [9.17, 15) is 4.79 Å². The van der Waals surface area contributed by atoms with Crippen LogP contribution in [0.25, 0.3) is 0 Å². The Kier molecular flexibility index (Phi) is 3.38. The molecular weight excluding hydrogens is 238 g/mol. The van der Waals surface area contributed by atoms with Crippen molar-refractivity contribution < 1.29 is 9.53 Å². The molecule has 0 saturated carbocycles. The van der Waals surface area contributed by atoms with Crippen LogP contribution in [0, 0.1) is 0 Å². The van der Waals surface area contributed by atoms with Crippen molar-refractivity contribution in [2.45, 2.75) is 18.9 Å². The zero-order chi connectivity index (χ0) is 12.3. The maximum atomic E-state index is 11.6. The fraction of sp³-hybridized carbons (Fsp3) is 0.308. The highest BCUT2D eigenvalue weighted by Gasteiger charge is 2.27. The highest BCUT2D eigenvalue weighted by Crippen LogP contribution is 2.21. The molecule has 1 amide bonds. The van der Waals surface area contributed by atoms with E-state index in [1.54, 1.807) is 24.3 Å². The molecule has 1 unspecified atom stereocenters. The molecule has 1 aromatic rings. The fourth-order valence-electron chi connectivity index (χ4n) is 1.60. The summed E-state index contributed by atoms with van der Waals surface area (Å²) >= 11 is 5.75. The molecule has 2 rings (SSSR count). The smallest absolute Gasteiger partial charge is 0.258 e. The van der Waals surface area contributed by atoms with E-state index in [1.165, 1.54) is 0 Å². The summed E-state index contributed by atoms with van der Waals surface area (Å²) in [4.78, 5) is 11.6. The van der Waals surface area contributed by atoms with Crippen molar-refractivity contribution in [1.82, 2.24) is 5.32 Å². The van der Waals surface area contributed by atoms with Crippen molar-refractivity contribution in [1.29, 1.82) is 0 Å². The van der Waals surface area contributed by atoms with Gasteiger partial charge in [-0.25, -0.2) is 0 Å². The molecule has 1 aliphatic carbocycles. The summed E-state index contributed by atoms with van der Waals surface area (Å²) in [6.07, 6.45) is 4.88. The Bertz CT molecular complexity index is 441. The summed E-state index contributed by atoms with van der Waals surface area (Å²) in [7, 11) is 0. The molecule has 0 saturated heterocycles. The van der Waals surface area contributed by atoms with Crippen LogP contribution in [-0.2, 0) is 4.79 Å². The minimum absolute atomic E-state index is 0.0189. The maximum absolute atomic E-state index is 11.6. The molecular formula is C13H14ClNO2. The summed E-state index contributed by atoms with van der Waals surface area (Å²) in [5.41, 5.74) is -0.194. The second kappa shape index (κ2) is 4.80. The van der Waals surface area contributed by atoms with Gasteiger partial charge >= 0.3 is 0 Å². The van der Waals surface area contributed by atoms with Gasteiger partial charge in [-0.3, -0.25) is 4.79 Å². The van der Waals surface area contributed by atoms with Crippen molar-refractivity contribution in [2.75, 3.05) is 6.61 Å². The van der Waals surface area contributed by atoms with Crippen LogP contribution in [0.4, 0.5) is 0 Å². The number of ether oxygens (including phenoxy) is 1. The lowest BCUT2D eigenvalue weighted by Crippen LogP contribution is -2.49. The molecule has 1 N–H and O–H groups in total. The SMILES string of the molecule is CC1(NC(=O)COc2ccc(Cl)cc2)C=CC1. The molecule has 3 nitrogen and oxygen atoms in total. The van der Waals surface area contributed by atoms with Gasteiger partial charge in [0, 0.05) is 5.02 Å². The highest BCUT2D eigenvalue weighted by molar-refractivity contribution is 6.30. The van der Waals surface area contributed by atoms with Gasteiger partial charge in [0.2, 0.25) is 0 Å². The molecule has 0 spiro atoms. The quantitative estimate of drug-likeness (QED) is 0.836. The van der Waals surface area contributed by atoms with E-state index in [0.717, 1.165) is 6.42 Å². The number of carbonyl (C=O) groups is 1. The average molecular weight is 252 g/mol. The van der Waals surface area contributed by atoms with E-state index in [1.807, 2.05) is 19.1 Å². The number of hydrogen-bond donors (Lipinski definition) is 1. The number of hydrogen-bond acceptors (Lipinski definition) is 2. The first-order valence-electron chi connectivity index (χ1n) is 5.44. The van der Waals surface area contributed by atoms with E-state index < -0.39 is 0 Å². The lowest BCUT2D eigenvalue weighted by Gasteiger charge is -2.32. The number of amides is 1. The van der Waals surface area contributed by atoms with E-state index in [-0.39, 0.29) is 18.1 Å². The standard InChI is InChI=1S/C13H14ClNO2/c1-13(7-2-8-13)15-12(16)9-17-11-5-3-10(14)4-6-11/h2-7H,8-9H2,1H3,(H,15,16). The first kappa shape index (κ1) is 12.0. The van der Waals surface area contributed by atoms with Gasteiger partial charge in [0.15, 0.2) is 6.61 Å². The molecule has 4 heteroatoms. The molecule has 0 aromatic heterocycles. The Balaban J connectivity index is 1.80. The van der Waals surface area contributed by atoms with Crippen LogP contribution in [0.15, 0.2) is 36.4 Å². The van der Waals surface area contributed by atoms with E-state index in [2.05, 4.69) is 5.32 Å². The van der Waals surface area contributed by atoms with Crippen molar-refractivity contribution in [2.24, 2.45) is 0 Å². The topological polar surface area (TPSA) is 38.3 Å². The lowest BCUT2D eigenvalue weighted by molar-refractivity contribution is -0.124. The third-order valence-corrected chi connectivity index (χ3v) is 2.89. The Hall–Kier alpha value is -1.48. The molecule has 1 aromatic carbocycles. The molecule has 90 valence electrons. The minimum Gasteiger partial charge on any atom is -0.484 e. The number of nitrogens with one attached hydrogen (secondary N) is 1. The fourth-order valence-corrected chi connectivity index (χ4v) is 1.72. The summed E-state index contributed by atoms with van der Waals surface area (Å²) in [5.74, 6) is 0.519. The van der Waals surface area contributed by atoms with Crippen LogP contribution in [0.5, 0.6) is 5.75 Å². The van der Waals surface area contributed by atoms with E-state index >= 15 is 0 Å². The summed E-state index contributed by atoms with van der Waals surface area (Å²) < 4.78 is 5.34. The van der Waals surface area contributed by atoms with Gasteiger partial charge in [-0.05, 0) is 37.6 Å². The Morgan fingerprint density at radius 1 is 1.47 bits per heavy atom. The Labute approximate surface area is 105 Å². The van der Waals surface area contributed by atoms with Gasteiger partial charge in [-0.2, -0.15) is 0 Å². The van der Waals surface area contributed by atoms with Crippen molar-refractivity contribution in [3.63, 3.8) is 0 Å². The van der Waals surface area contributed by atoms with E-state index in [4.69, 9.17) is 16.3 Å². The van der Waals surface area contributed by atoms with Gasteiger partial charge < -0.3 is 10.1 Å². The maximum Gasteiger partial charge on any atom is 0.258 e. The molecule has 1 aliphatic rings. The van der Waals surface area contributed by atoms with Gasteiger partial charge in [-0.1, -0.05) is 23.8 Å². The van der Waals surface area contributed by atoms with Crippen LogP contribution >= 0.6 is 11.6 Å². The third-order valence-electron chi connectivity index (χ3n) is 2.64. The predicted molar refractivity (Wildman–Crippen MR) is 67.3 cm³/mol. The summed E-state index contributed by atoms with van der Waals surface area (Å²) in [6, 6.07) is 6.93. The minimum atomic E-state index is -0.194. The first-order valence-corrected chi connectivity index (χ1v) is 5.82. The third kappa shape index (κ3) is 3.24. The number of carbonyl (C=O) groups excluding carboxylic acids is 1. The van der Waals surface area contributed by atoms with Crippen molar-refractivity contribution in [3.8, 4) is 5.75 Å². The van der Waals surface area contributed by atoms with Crippen molar-refractivity contribution >= 4 is 17.5 Å².